The molecular formula is C23H25NO2. The number of hydrogen-bond acceptors (Lipinski definition) is 2. The summed E-state index contributed by atoms with van der Waals surface area (Å²) in [6.45, 7) is 6.56. The van der Waals surface area contributed by atoms with E-state index >= 15 is 0 Å². The number of amides is 1. The summed E-state index contributed by atoms with van der Waals surface area (Å²) in [5, 5.41) is 5.37. The molecule has 3 aromatic carbocycles. The van der Waals surface area contributed by atoms with Gasteiger partial charge >= 0.3 is 0 Å². The van der Waals surface area contributed by atoms with Crippen LogP contribution >= 0.6 is 0 Å². The van der Waals surface area contributed by atoms with Gasteiger partial charge in [0.25, 0.3) is 5.91 Å². The fourth-order valence-electron chi connectivity index (χ4n) is 3.02. The lowest BCUT2D eigenvalue weighted by molar-refractivity contribution is -0.128. The number of hydrogen-bond donors (Lipinski definition) is 1. The van der Waals surface area contributed by atoms with Crippen molar-refractivity contribution in [1.29, 1.82) is 0 Å². The minimum atomic E-state index is -0.493. The van der Waals surface area contributed by atoms with Crippen molar-refractivity contribution in [3.8, 4) is 5.75 Å². The standard InChI is InChI=1S/C23H25NO2/c1-4-22(26-20-13-12-16(2)17(3)14-20)23(25)24-15-19-10-7-9-18-8-5-6-11-21(18)19/h5-14,22H,4,15H2,1-3H3,(H,24,25)/t22-/m1/s1. The van der Waals surface area contributed by atoms with E-state index in [4.69, 9.17) is 4.74 Å². The third-order valence-corrected chi connectivity index (χ3v) is 4.75. The van der Waals surface area contributed by atoms with Crippen LogP contribution in [0.5, 0.6) is 5.75 Å². The van der Waals surface area contributed by atoms with E-state index in [9.17, 15) is 4.79 Å². The summed E-state index contributed by atoms with van der Waals surface area (Å²) >= 11 is 0. The highest BCUT2D eigenvalue weighted by atomic mass is 16.5. The summed E-state index contributed by atoms with van der Waals surface area (Å²) in [6.07, 6.45) is 0.126. The van der Waals surface area contributed by atoms with Crippen LogP contribution in [0.25, 0.3) is 10.8 Å². The number of carbonyl (C=O) groups excluding carboxylic acids is 1. The maximum Gasteiger partial charge on any atom is 0.261 e. The molecular weight excluding hydrogens is 322 g/mol. The molecule has 0 heterocycles. The average molecular weight is 347 g/mol. The van der Waals surface area contributed by atoms with E-state index in [0.29, 0.717) is 13.0 Å². The number of carbonyl (C=O) groups is 1. The molecule has 0 aromatic heterocycles. The molecule has 0 fully saturated rings. The Kier molecular flexibility index (Phi) is 5.57. The number of rotatable bonds is 6. The molecule has 134 valence electrons. The first kappa shape index (κ1) is 18.0. The number of fused-ring (bicyclic) bond motifs is 1. The smallest absolute Gasteiger partial charge is 0.261 e. The van der Waals surface area contributed by atoms with Crippen LogP contribution in [0.1, 0.15) is 30.0 Å². The Hall–Kier alpha value is -2.81. The lowest BCUT2D eigenvalue weighted by Gasteiger charge is -2.18. The van der Waals surface area contributed by atoms with Gasteiger partial charge in [0.05, 0.1) is 0 Å². The highest BCUT2D eigenvalue weighted by Gasteiger charge is 2.18. The SMILES string of the molecule is CC[C@@H](Oc1ccc(C)c(C)c1)C(=O)NCc1cccc2ccccc12. The lowest BCUT2D eigenvalue weighted by Crippen LogP contribution is -2.37. The van der Waals surface area contributed by atoms with Gasteiger partial charge in [-0.05, 0) is 59.9 Å². The molecule has 1 amide bonds. The normalized spacial score (nSPS) is 12.0. The highest BCUT2D eigenvalue weighted by molar-refractivity contribution is 5.86. The minimum Gasteiger partial charge on any atom is -0.481 e. The van der Waals surface area contributed by atoms with Gasteiger partial charge in [-0.25, -0.2) is 0 Å². The summed E-state index contributed by atoms with van der Waals surface area (Å²) in [6, 6.07) is 20.3. The molecule has 0 bridgehead atoms. The van der Waals surface area contributed by atoms with Crippen molar-refractivity contribution in [2.45, 2.75) is 39.8 Å². The van der Waals surface area contributed by atoms with Crippen LogP contribution < -0.4 is 10.1 Å². The summed E-state index contributed by atoms with van der Waals surface area (Å²) in [5.74, 6) is 0.652. The van der Waals surface area contributed by atoms with E-state index < -0.39 is 6.10 Å². The molecule has 0 aliphatic rings. The molecule has 1 atom stereocenters. The lowest BCUT2D eigenvalue weighted by atomic mass is 10.0. The maximum absolute atomic E-state index is 12.6. The van der Waals surface area contributed by atoms with Crippen molar-refractivity contribution < 1.29 is 9.53 Å². The summed E-state index contributed by atoms with van der Waals surface area (Å²) in [5.41, 5.74) is 3.48. The van der Waals surface area contributed by atoms with Gasteiger partial charge in [0.2, 0.25) is 0 Å². The average Bonchev–Trinajstić information content (AvgIpc) is 2.66. The van der Waals surface area contributed by atoms with E-state index in [-0.39, 0.29) is 5.91 Å². The molecule has 1 N–H and O–H groups in total. The number of ether oxygens (including phenoxy) is 1. The molecule has 0 unspecified atom stereocenters. The van der Waals surface area contributed by atoms with Gasteiger partial charge in [0.1, 0.15) is 5.75 Å². The molecule has 0 saturated carbocycles. The highest BCUT2D eigenvalue weighted by Crippen LogP contribution is 2.20. The van der Waals surface area contributed by atoms with Gasteiger partial charge in [-0.1, -0.05) is 55.5 Å². The summed E-state index contributed by atoms with van der Waals surface area (Å²) < 4.78 is 5.93. The molecule has 3 nitrogen and oxygen atoms in total. The van der Waals surface area contributed by atoms with E-state index in [1.165, 1.54) is 16.3 Å². The largest absolute Gasteiger partial charge is 0.481 e. The third-order valence-electron chi connectivity index (χ3n) is 4.75. The number of aryl methyl sites for hydroxylation is 2. The van der Waals surface area contributed by atoms with Crippen molar-refractivity contribution in [1.82, 2.24) is 5.32 Å². The summed E-state index contributed by atoms with van der Waals surface area (Å²) in [4.78, 5) is 12.6. The molecule has 0 radical (unpaired) electrons. The second-order valence-electron chi connectivity index (χ2n) is 6.62. The molecule has 0 spiro atoms. The van der Waals surface area contributed by atoms with Crippen molar-refractivity contribution in [3.63, 3.8) is 0 Å². The van der Waals surface area contributed by atoms with Crippen LogP contribution in [0, 0.1) is 13.8 Å². The van der Waals surface area contributed by atoms with Gasteiger partial charge in [-0.3, -0.25) is 4.79 Å². The van der Waals surface area contributed by atoms with Crippen molar-refractivity contribution >= 4 is 16.7 Å². The molecule has 3 rings (SSSR count). The molecule has 26 heavy (non-hydrogen) atoms. The molecule has 0 aliphatic carbocycles. The Morgan fingerprint density at radius 1 is 1.00 bits per heavy atom. The molecule has 0 saturated heterocycles. The molecule has 3 aromatic rings. The fraction of sp³-hybridized carbons (Fsp3) is 0.261. The second-order valence-corrected chi connectivity index (χ2v) is 6.62. The zero-order valence-corrected chi connectivity index (χ0v) is 15.6. The van der Waals surface area contributed by atoms with E-state index in [1.807, 2.05) is 56.3 Å². The second kappa shape index (κ2) is 8.05. The predicted molar refractivity (Wildman–Crippen MR) is 106 cm³/mol. The van der Waals surface area contributed by atoms with Crippen LogP contribution in [-0.2, 0) is 11.3 Å². The zero-order valence-electron chi connectivity index (χ0n) is 15.6. The Morgan fingerprint density at radius 3 is 2.54 bits per heavy atom. The van der Waals surface area contributed by atoms with Crippen molar-refractivity contribution in [2.75, 3.05) is 0 Å². The Balaban J connectivity index is 1.68. The van der Waals surface area contributed by atoms with E-state index in [1.54, 1.807) is 0 Å². The van der Waals surface area contributed by atoms with E-state index in [2.05, 4.69) is 30.4 Å². The Morgan fingerprint density at radius 2 is 1.77 bits per heavy atom. The van der Waals surface area contributed by atoms with Crippen LogP contribution in [0.2, 0.25) is 0 Å². The Bertz CT molecular complexity index is 912. The van der Waals surface area contributed by atoms with Crippen molar-refractivity contribution in [2.24, 2.45) is 0 Å². The van der Waals surface area contributed by atoms with Crippen LogP contribution in [0.4, 0.5) is 0 Å². The maximum atomic E-state index is 12.6. The van der Waals surface area contributed by atoms with Gasteiger partial charge in [0.15, 0.2) is 6.10 Å². The molecule has 3 heteroatoms. The number of nitrogens with one attached hydrogen (secondary N) is 1. The van der Waals surface area contributed by atoms with Gasteiger partial charge in [-0.15, -0.1) is 0 Å². The molecule has 0 aliphatic heterocycles. The first-order valence-electron chi connectivity index (χ1n) is 9.06. The van der Waals surface area contributed by atoms with Gasteiger partial charge < -0.3 is 10.1 Å². The van der Waals surface area contributed by atoms with Gasteiger partial charge in [-0.2, -0.15) is 0 Å². The third kappa shape index (κ3) is 4.05. The summed E-state index contributed by atoms with van der Waals surface area (Å²) in [7, 11) is 0. The van der Waals surface area contributed by atoms with E-state index in [0.717, 1.165) is 16.9 Å². The quantitative estimate of drug-likeness (QED) is 0.686. The first-order chi connectivity index (χ1) is 12.6. The fourth-order valence-corrected chi connectivity index (χ4v) is 3.02. The monoisotopic (exact) mass is 347 g/mol. The zero-order chi connectivity index (χ0) is 18.5. The van der Waals surface area contributed by atoms with Crippen molar-refractivity contribution in [3.05, 3.63) is 77.4 Å². The van der Waals surface area contributed by atoms with Crippen LogP contribution in [-0.4, -0.2) is 12.0 Å². The number of benzene rings is 3. The van der Waals surface area contributed by atoms with Crippen LogP contribution in [0.3, 0.4) is 0 Å². The van der Waals surface area contributed by atoms with Gasteiger partial charge in [0, 0.05) is 6.54 Å². The van der Waals surface area contributed by atoms with Crippen LogP contribution in [0.15, 0.2) is 60.7 Å². The minimum absolute atomic E-state index is 0.0846. The first-order valence-corrected chi connectivity index (χ1v) is 9.06. The topological polar surface area (TPSA) is 38.3 Å². The Labute approximate surface area is 155 Å². The predicted octanol–water partition coefficient (Wildman–Crippen LogP) is 4.93.